The smallest absolute Gasteiger partial charge is 0.293 e. The van der Waals surface area contributed by atoms with Crippen LogP contribution in [0.4, 0.5) is 11.4 Å². The summed E-state index contributed by atoms with van der Waals surface area (Å²) >= 11 is 1.91. The maximum atomic E-state index is 11.7. The molecule has 23 heavy (non-hydrogen) atoms. The summed E-state index contributed by atoms with van der Waals surface area (Å²) in [6.07, 6.45) is 3.34. The first-order valence-electron chi connectivity index (χ1n) is 7.93. The molecule has 7 heteroatoms. The van der Waals surface area contributed by atoms with Gasteiger partial charge in [0.2, 0.25) is 0 Å². The number of hydrogen-bond donors (Lipinski definition) is 1. The second-order valence-electron chi connectivity index (χ2n) is 5.56. The number of benzene rings is 1. The third kappa shape index (κ3) is 4.37. The van der Waals surface area contributed by atoms with Gasteiger partial charge in [0.05, 0.1) is 4.92 Å². The lowest BCUT2D eigenvalue weighted by molar-refractivity contribution is -0.384. The first kappa shape index (κ1) is 17.6. The summed E-state index contributed by atoms with van der Waals surface area (Å²) in [5.74, 6) is 0.742. The van der Waals surface area contributed by atoms with Crippen LogP contribution in [-0.4, -0.2) is 42.0 Å². The molecule has 1 aromatic rings. The SMILES string of the molecule is CCSC1CCCCN(c2ccc(C(=O)NC)cc2[N+](=O)[O-])C1. The molecule has 1 amide bonds. The van der Waals surface area contributed by atoms with Crippen molar-refractivity contribution in [3.05, 3.63) is 33.9 Å². The molecule has 1 unspecified atom stereocenters. The van der Waals surface area contributed by atoms with E-state index < -0.39 is 4.92 Å². The third-order valence-corrected chi connectivity index (χ3v) is 5.22. The zero-order chi connectivity index (χ0) is 16.8. The fraction of sp³-hybridized carbons (Fsp3) is 0.562. The van der Waals surface area contributed by atoms with E-state index in [2.05, 4.69) is 17.1 Å². The maximum absolute atomic E-state index is 11.7. The van der Waals surface area contributed by atoms with Crippen LogP contribution >= 0.6 is 11.8 Å². The molecule has 0 aromatic heterocycles. The Hall–Kier alpha value is -1.76. The van der Waals surface area contributed by atoms with E-state index in [0.29, 0.717) is 16.5 Å². The van der Waals surface area contributed by atoms with Crippen molar-refractivity contribution < 1.29 is 9.72 Å². The molecule has 1 aliphatic rings. The van der Waals surface area contributed by atoms with Crippen LogP contribution in [0.2, 0.25) is 0 Å². The highest BCUT2D eigenvalue weighted by Gasteiger charge is 2.25. The quantitative estimate of drug-likeness (QED) is 0.660. The standard InChI is InChI=1S/C16H23N3O3S/c1-3-23-13-6-4-5-9-18(11-13)14-8-7-12(16(20)17-2)10-15(14)19(21)22/h7-8,10,13H,3-6,9,11H2,1-2H3,(H,17,20). The van der Waals surface area contributed by atoms with E-state index in [1.807, 2.05) is 11.8 Å². The van der Waals surface area contributed by atoms with Crippen LogP contribution in [0, 0.1) is 10.1 Å². The number of rotatable bonds is 5. The predicted octanol–water partition coefficient (Wildman–Crippen LogP) is 3.07. The van der Waals surface area contributed by atoms with Crippen molar-refractivity contribution in [1.29, 1.82) is 0 Å². The molecular formula is C16H23N3O3S. The molecule has 1 atom stereocenters. The summed E-state index contributed by atoms with van der Waals surface area (Å²) in [4.78, 5) is 24.9. The maximum Gasteiger partial charge on any atom is 0.293 e. The molecule has 6 nitrogen and oxygen atoms in total. The molecule has 126 valence electrons. The van der Waals surface area contributed by atoms with Crippen molar-refractivity contribution in [2.24, 2.45) is 0 Å². The van der Waals surface area contributed by atoms with Crippen LogP contribution < -0.4 is 10.2 Å². The van der Waals surface area contributed by atoms with Gasteiger partial charge in [-0.3, -0.25) is 14.9 Å². The van der Waals surface area contributed by atoms with Gasteiger partial charge in [-0.25, -0.2) is 0 Å². The molecule has 1 fully saturated rings. The summed E-state index contributed by atoms with van der Waals surface area (Å²) in [5, 5.41) is 14.5. The van der Waals surface area contributed by atoms with Crippen molar-refractivity contribution >= 4 is 29.0 Å². The summed E-state index contributed by atoms with van der Waals surface area (Å²) in [7, 11) is 1.52. The Balaban J connectivity index is 2.32. The van der Waals surface area contributed by atoms with Crippen molar-refractivity contribution in [2.45, 2.75) is 31.4 Å². The lowest BCUT2D eigenvalue weighted by Gasteiger charge is -2.26. The molecule has 1 aromatic carbocycles. The van der Waals surface area contributed by atoms with Gasteiger partial charge in [-0.2, -0.15) is 11.8 Å². The van der Waals surface area contributed by atoms with Crippen molar-refractivity contribution in [2.75, 3.05) is 30.8 Å². The van der Waals surface area contributed by atoms with Gasteiger partial charge in [0.1, 0.15) is 5.69 Å². The second kappa shape index (κ2) is 8.19. The van der Waals surface area contributed by atoms with Gasteiger partial charge in [-0.05, 0) is 30.7 Å². The molecular weight excluding hydrogens is 314 g/mol. The largest absolute Gasteiger partial charge is 0.365 e. The number of amides is 1. The number of carbonyl (C=O) groups excluding carboxylic acids is 1. The van der Waals surface area contributed by atoms with Gasteiger partial charge in [-0.15, -0.1) is 0 Å². The number of nitro groups is 1. The van der Waals surface area contributed by atoms with Gasteiger partial charge in [-0.1, -0.05) is 13.3 Å². The fourth-order valence-electron chi connectivity index (χ4n) is 2.92. The van der Waals surface area contributed by atoms with E-state index in [1.165, 1.54) is 13.1 Å². The Bertz CT molecular complexity index is 580. The highest BCUT2D eigenvalue weighted by Crippen LogP contribution is 2.33. The number of nitrogens with zero attached hydrogens (tertiary/aromatic N) is 2. The van der Waals surface area contributed by atoms with Gasteiger partial charge in [0.25, 0.3) is 11.6 Å². The van der Waals surface area contributed by atoms with Crippen molar-refractivity contribution in [1.82, 2.24) is 5.32 Å². The van der Waals surface area contributed by atoms with Gasteiger partial charge in [0.15, 0.2) is 0 Å². The van der Waals surface area contributed by atoms with E-state index in [-0.39, 0.29) is 11.6 Å². The minimum absolute atomic E-state index is 0.00764. The summed E-state index contributed by atoms with van der Waals surface area (Å²) in [6, 6.07) is 4.75. The van der Waals surface area contributed by atoms with Crippen molar-refractivity contribution in [3.8, 4) is 0 Å². The van der Waals surface area contributed by atoms with Gasteiger partial charge < -0.3 is 10.2 Å². The van der Waals surface area contributed by atoms with E-state index >= 15 is 0 Å². The first-order valence-corrected chi connectivity index (χ1v) is 8.98. The minimum Gasteiger partial charge on any atom is -0.365 e. The number of anilines is 1. The van der Waals surface area contributed by atoms with Crippen LogP contribution in [-0.2, 0) is 0 Å². The Labute approximate surface area is 140 Å². The summed E-state index contributed by atoms with van der Waals surface area (Å²) in [5.41, 5.74) is 0.941. The van der Waals surface area contributed by atoms with E-state index in [1.54, 1.807) is 12.1 Å². The molecule has 1 N–H and O–H groups in total. The molecule has 0 aliphatic carbocycles. The van der Waals surface area contributed by atoms with Crippen LogP contribution in [0.3, 0.4) is 0 Å². The highest BCUT2D eigenvalue weighted by molar-refractivity contribution is 7.99. The third-order valence-electron chi connectivity index (χ3n) is 4.03. The lowest BCUT2D eigenvalue weighted by Crippen LogP contribution is -2.30. The average molecular weight is 337 g/mol. The summed E-state index contributed by atoms with van der Waals surface area (Å²) in [6.45, 7) is 3.78. The zero-order valence-electron chi connectivity index (χ0n) is 13.6. The summed E-state index contributed by atoms with van der Waals surface area (Å²) < 4.78 is 0. The molecule has 0 bridgehead atoms. The number of thioether (sulfide) groups is 1. The normalized spacial score (nSPS) is 18.3. The number of carbonyl (C=O) groups is 1. The van der Waals surface area contributed by atoms with Crippen molar-refractivity contribution in [3.63, 3.8) is 0 Å². The van der Waals surface area contributed by atoms with Crippen LogP contribution in [0.5, 0.6) is 0 Å². The van der Waals surface area contributed by atoms with Crippen LogP contribution in [0.1, 0.15) is 36.5 Å². The monoisotopic (exact) mass is 337 g/mol. The van der Waals surface area contributed by atoms with Gasteiger partial charge in [0, 0.05) is 37.0 Å². The van der Waals surface area contributed by atoms with Crippen LogP contribution in [0.15, 0.2) is 18.2 Å². The fourth-order valence-corrected chi connectivity index (χ4v) is 4.01. The molecule has 1 heterocycles. The predicted molar refractivity (Wildman–Crippen MR) is 94.5 cm³/mol. The number of nitrogens with one attached hydrogen (secondary N) is 1. The molecule has 1 aliphatic heterocycles. The molecule has 0 radical (unpaired) electrons. The van der Waals surface area contributed by atoms with Crippen LogP contribution in [0.25, 0.3) is 0 Å². The Morgan fingerprint density at radius 3 is 2.91 bits per heavy atom. The Morgan fingerprint density at radius 1 is 1.48 bits per heavy atom. The van der Waals surface area contributed by atoms with E-state index in [0.717, 1.165) is 38.1 Å². The topological polar surface area (TPSA) is 75.5 Å². The molecule has 1 saturated heterocycles. The highest BCUT2D eigenvalue weighted by atomic mass is 32.2. The Morgan fingerprint density at radius 2 is 2.26 bits per heavy atom. The molecule has 0 saturated carbocycles. The van der Waals surface area contributed by atoms with Gasteiger partial charge >= 0.3 is 0 Å². The first-order chi connectivity index (χ1) is 11.1. The molecule has 0 spiro atoms. The minimum atomic E-state index is -0.394. The van der Waals surface area contributed by atoms with E-state index in [4.69, 9.17) is 0 Å². The Kier molecular flexibility index (Phi) is 6.27. The zero-order valence-corrected chi connectivity index (χ0v) is 14.4. The average Bonchev–Trinajstić information content (AvgIpc) is 2.79. The number of hydrogen-bond acceptors (Lipinski definition) is 5. The second-order valence-corrected chi connectivity index (χ2v) is 7.14. The lowest BCUT2D eigenvalue weighted by atomic mass is 10.1. The molecule has 2 rings (SSSR count). The number of nitro benzene ring substituents is 1. The van der Waals surface area contributed by atoms with E-state index in [9.17, 15) is 14.9 Å².